The number of piperidine rings is 1. The highest BCUT2D eigenvalue weighted by atomic mass is 16.5. The third-order valence-corrected chi connectivity index (χ3v) is 5.04. The molecule has 2 amide bonds. The van der Waals surface area contributed by atoms with Crippen LogP contribution in [0.15, 0.2) is 23.0 Å². The van der Waals surface area contributed by atoms with E-state index < -0.39 is 0 Å². The van der Waals surface area contributed by atoms with Crippen molar-refractivity contribution in [3.63, 3.8) is 0 Å². The van der Waals surface area contributed by atoms with E-state index in [1.807, 2.05) is 6.07 Å². The predicted molar refractivity (Wildman–Crippen MR) is 98.1 cm³/mol. The quantitative estimate of drug-likeness (QED) is 0.826. The minimum Gasteiger partial charge on any atom is -0.340 e. The van der Waals surface area contributed by atoms with Crippen molar-refractivity contribution in [1.29, 1.82) is 0 Å². The molecule has 27 heavy (non-hydrogen) atoms. The number of rotatable bonds is 6. The number of nitrogens with one attached hydrogen (secondary N) is 1. The first-order valence-electron chi connectivity index (χ1n) is 9.52. The summed E-state index contributed by atoms with van der Waals surface area (Å²) in [6, 6.07) is 1.69. The lowest BCUT2D eigenvalue weighted by Gasteiger charge is -2.33. The van der Waals surface area contributed by atoms with Crippen LogP contribution in [0.1, 0.15) is 43.3 Å². The van der Waals surface area contributed by atoms with Crippen molar-refractivity contribution in [1.82, 2.24) is 30.3 Å². The van der Waals surface area contributed by atoms with Gasteiger partial charge in [0.05, 0.1) is 0 Å². The fourth-order valence-electron chi connectivity index (χ4n) is 3.35. The number of nitrogens with zero attached hydrogens (tertiary/aromatic N) is 6. The molecule has 144 valence electrons. The molecule has 3 heterocycles. The first kappa shape index (κ1) is 17.7. The fraction of sp³-hybridized carbons (Fsp3) is 0.611. The smallest absolute Gasteiger partial charge is 0.317 e. The lowest BCUT2D eigenvalue weighted by molar-refractivity contribution is 0.197. The Morgan fingerprint density at radius 3 is 2.93 bits per heavy atom. The molecular formula is C18H25N7O2. The Bertz CT molecular complexity index is 762. The van der Waals surface area contributed by atoms with E-state index in [1.165, 1.54) is 0 Å². The van der Waals surface area contributed by atoms with E-state index in [9.17, 15) is 4.79 Å². The second kappa shape index (κ2) is 7.89. The Labute approximate surface area is 158 Å². The Morgan fingerprint density at radius 2 is 2.15 bits per heavy atom. The Kier molecular flexibility index (Phi) is 5.17. The summed E-state index contributed by atoms with van der Waals surface area (Å²) in [6.45, 7) is 2.75. The highest BCUT2D eigenvalue weighted by Gasteiger charge is 2.29. The van der Waals surface area contributed by atoms with Gasteiger partial charge in [-0.1, -0.05) is 5.16 Å². The van der Waals surface area contributed by atoms with E-state index in [2.05, 4.69) is 30.3 Å². The number of carbonyl (C=O) groups is 1. The highest BCUT2D eigenvalue weighted by molar-refractivity contribution is 5.73. The molecule has 0 radical (unpaired) electrons. The van der Waals surface area contributed by atoms with Gasteiger partial charge in [-0.3, -0.25) is 0 Å². The molecule has 4 rings (SSSR count). The standard InChI is InChI=1S/C18H25N7O2/c1-24(12-15-22-16(23-27-15)14-5-6-14)18(26)21-10-13-4-2-9-25(11-13)17-19-7-3-8-20-17/h3,7-8,13-14H,2,4-6,9-12H2,1H3,(H,21,26)/t13-/m1/s1. The van der Waals surface area contributed by atoms with Crippen molar-refractivity contribution >= 4 is 12.0 Å². The van der Waals surface area contributed by atoms with Gasteiger partial charge in [-0.25, -0.2) is 14.8 Å². The molecule has 2 aliphatic rings. The molecule has 9 heteroatoms. The zero-order valence-electron chi connectivity index (χ0n) is 15.5. The zero-order chi connectivity index (χ0) is 18.6. The van der Waals surface area contributed by atoms with Gasteiger partial charge < -0.3 is 19.6 Å². The van der Waals surface area contributed by atoms with E-state index in [4.69, 9.17) is 4.52 Å². The number of hydrogen-bond acceptors (Lipinski definition) is 7. The van der Waals surface area contributed by atoms with Gasteiger partial charge in [-0.15, -0.1) is 0 Å². The van der Waals surface area contributed by atoms with Crippen molar-refractivity contribution in [2.45, 2.75) is 38.1 Å². The summed E-state index contributed by atoms with van der Waals surface area (Å²) in [5.41, 5.74) is 0. The summed E-state index contributed by atoms with van der Waals surface area (Å²) in [6.07, 6.45) is 7.93. The molecule has 1 atom stereocenters. The molecule has 1 N–H and O–H groups in total. The number of aromatic nitrogens is 4. The molecule has 9 nitrogen and oxygen atoms in total. The van der Waals surface area contributed by atoms with Crippen LogP contribution in [0.5, 0.6) is 0 Å². The second-order valence-electron chi connectivity index (χ2n) is 7.37. The Hall–Kier alpha value is -2.71. The van der Waals surface area contributed by atoms with Crippen LogP contribution in [-0.4, -0.2) is 57.7 Å². The van der Waals surface area contributed by atoms with Gasteiger partial charge >= 0.3 is 6.03 Å². The molecule has 1 saturated heterocycles. The Morgan fingerprint density at radius 1 is 1.33 bits per heavy atom. The van der Waals surface area contributed by atoms with E-state index in [0.717, 1.165) is 50.5 Å². The molecule has 2 aromatic rings. The summed E-state index contributed by atoms with van der Waals surface area (Å²) >= 11 is 0. The first-order valence-corrected chi connectivity index (χ1v) is 9.52. The van der Waals surface area contributed by atoms with Gasteiger partial charge in [-0.05, 0) is 37.7 Å². The molecule has 0 unspecified atom stereocenters. The van der Waals surface area contributed by atoms with Gasteiger partial charge in [0.25, 0.3) is 0 Å². The molecule has 1 aliphatic heterocycles. The summed E-state index contributed by atoms with van der Waals surface area (Å²) in [7, 11) is 1.74. The van der Waals surface area contributed by atoms with Crippen LogP contribution < -0.4 is 10.2 Å². The van der Waals surface area contributed by atoms with E-state index in [1.54, 1.807) is 24.3 Å². The van der Waals surface area contributed by atoms with E-state index in [-0.39, 0.29) is 6.03 Å². The SMILES string of the molecule is CN(Cc1nc(C2CC2)no1)C(=O)NC[C@H]1CCCN(c2ncccn2)C1. The normalized spacial score (nSPS) is 19.7. The lowest BCUT2D eigenvalue weighted by Crippen LogP contribution is -2.44. The number of urea groups is 1. The monoisotopic (exact) mass is 371 g/mol. The predicted octanol–water partition coefficient (Wildman–Crippen LogP) is 1.79. The van der Waals surface area contributed by atoms with Crippen LogP contribution >= 0.6 is 0 Å². The topological polar surface area (TPSA) is 100 Å². The van der Waals surface area contributed by atoms with Gasteiger partial charge in [0.15, 0.2) is 5.82 Å². The number of carbonyl (C=O) groups excluding carboxylic acids is 1. The largest absolute Gasteiger partial charge is 0.340 e. The van der Waals surface area contributed by atoms with Crippen LogP contribution in [0, 0.1) is 5.92 Å². The van der Waals surface area contributed by atoms with Crippen LogP contribution in [0.25, 0.3) is 0 Å². The molecule has 0 spiro atoms. The van der Waals surface area contributed by atoms with Crippen molar-refractivity contribution in [2.24, 2.45) is 5.92 Å². The molecule has 2 fully saturated rings. The van der Waals surface area contributed by atoms with Gasteiger partial charge in [0, 0.05) is 45.0 Å². The third-order valence-electron chi connectivity index (χ3n) is 5.04. The maximum atomic E-state index is 12.4. The average molecular weight is 371 g/mol. The van der Waals surface area contributed by atoms with Crippen LogP contribution in [0.4, 0.5) is 10.7 Å². The maximum absolute atomic E-state index is 12.4. The molecule has 0 bridgehead atoms. The molecule has 2 aromatic heterocycles. The van der Waals surface area contributed by atoms with Gasteiger partial charge in [-0.2, -0.15) is 4.98 Å². The fourth-order valence-corrected chi connectivity index (χ4v) is 3.35. The zero-order valence-corrected chi connectivity index (χ0v) is 15.5. The van der Waals surface area contributed by atoms with Crippen LogP contribution in [0.2, 0.25) is 0 Å². The molecule has 0 aromatic carbocycles. The number of anilines is 1. The van der Waals surface area contributed by atoms with E-state index >= 15 is 0 Å². The minimum atomic E-state index is -0.130. The number of hydrogen-bond donors (Lipinski definition) is 1. The Balaban J connectivity index is 1.24. The van der Waals surface area contributed by atoms with Crippen molar-refractivity contribution in [2.75, 3.05) is 31.6 Å². The van der Waals surface area contributed by atoms with Crippen LogP contribution in [0.3, 0.4) is 0 Å². The maximum Gasteiger partial charge on any atom is 0.317 e. The summed E-state index contributed by atoms with van der Waals surface area (Å²) in [4.78, 5) is 29.1. The minimum absolute atomic E-state index is 0.130. The van der Waals surface area contributed by atoms with Crippen molar-refractivity contribution in [3.8, 4) is 0 Å². The van der Waals surface area contributed by atoms with Crippen LogP contribution in [-0.2, 0) is 6.54 Å². The summed E-state index contributed by atoms with van der Waals surface area (Å²) in [5.74, 6) is 2.84. The van der Waals surface area contributed by atoms with Crippen molar-refractivity contribution in [3.05, 3.63) is 30.2 Å². The summed E-state index contributed by atoms with van der Waals surface area (Å²) in [5, 5.41) is 7.00. The number of amides is 2. The average Bonchev–Trinajstić information content (AvgIpc) is 3.46. The molecule has 1 saturated carbocycles. The second-order valence-corrected chi connectivity index (χ2v) is 7.37. The third kappa shape index (κ3) is 4.53. The lowest BCUT2D eigenvalue weighted by atomic mass is 9.98. The molecular weight excluding hydrogens is 346 g/mol. The summed E-state index contributed by atoms with van der Waals surface area (Å²) < 4.78 is 5.24. The van der Waals surface area contributed by atoms with E-state index in [0.29, 0.717) is 30.8 Å². The highest BCUT2D eigenvalue weighted by Crippen LogP contribution is 2.38. The van der Waals surface area contributed by atoms with Gasteiger partial charge in [0.1, 0.15) is 6.54 Å². The van der Waals surface area contributed by atoms with Crippen molar-refractivity contribution < 1.29 is 9.32 Å². The molecule has 1 aliphatic carbocycles. The first-order chi connectivity index (χ1) is 13.2. The van der Waals surface area contributed by atoms with Gasteiger partial charge in [0.2, 0.25) is 11.8 Å².